The number of nitrogens with one attached hydrogen (secondary N) is 2. The van der Waals surface area contributed by atoms with Gasteiger partial charge in [-0.25, -0.2) is 9.78 Å². The Morgan fingerprint density at radius 1 is 1.30 bits per heavy atom. The maximum absolute atomic E-state index is 11.9. The van der Waals surface area contributed by atoms with Crippen LogP contribution in [0.5, 0.6) is 0 Å². The van der Waals surface area contributed by atoms with Crippen molar-refractivity contribution in [3.8, 4) is 0 Å². The molecule has 0 aliphatic carbocycles. The van der Waals surface area contributed by atoms with Crippen LogP contribution in [-0.4, -0.2) is 32.7 Å². The van der Waals surface area contributed by atoms with Gasteiger partial charge in [-0.05, 0) is 25.1 Å². The third-order valence-corrected chi connectivity index (χ3v) is 2.57. The van der Waals surface area contributed by atoms with Crippen LogP contribution in [0.3, 0.4) is 0 Å². The van der Waals surface area contributed by atoms with Crippen molar-refractivity contribution in [1.29, 1.82) is 0 Å². The average Bonchev–Trinajstić information content (AvgIpc) is 2.88. The van der Waals surface area contributed by atoms with E-state index in [2.05, 4.69) is 15.3 Å². The molecule has 0 aromatic carbocycles. The van der Waals surface area contributed by atoms with E-state index in [0.717, 1.165) is 0 Å². The molecule has 0 radical (unpaired) electrons. The second-order valence-electron chi connectivity index (χ2n) is 4.05. The number of carboxylic acids is 1. The lowest BCUT2D eigenvalue weighted by Gasteiger charge is -2.03. The summed E-state index contributed by atoms with van der Waals surface area (Å²) in [5.74, 6) is -1.81. The third-order valence-electron chi connectivity index (χ3n) is 2.57. The maximum atomic E-state index is 11.9. The fraction of sp³-hybridized carbons (Fsp3) is 0.0769. The first-order valence-electron chi connectivity index (χ1n) is 5.67. The Kier molecular flexibility index (Phi) is 3.60. The molecule has 0 aliphatic rings. The van der Waals surface area contributed by atoms with Crippen molar-refractivity contribution in [2.45, 2.75) is 6.92 Å². The highest BCUT2D eigenvalue weighted by atomic mass is 16.4. The molecule has 0 aliphatic heterocycles. The van der Waals surface area contributed by atoms with Crippen LogP contribution in [0, 0.1) is 0 Å². The number of ketones is 1. The summed E-state index contributed by atoms with van der Waals surface area (Å²) >= 11 is 0. The highest BCUT2D eigenvalue weighted by Gasteiger charge is 2.12. The van der Waals surface area contributed by atoms with Crippen LogP contribution in [0.2, 0.25) is 0 Å². The molecule has 0 atom stereocenters. The molecule has 3 N–H and O–H groups in total. The smallest absolute Gasteiger partial charge is 0.354 e. The number of carboxylic acid groups (broad SMARTS) is 1. The minimum absolute atomic E-state index is 0.155. The summed E-state index contributed by atoms with van der Waals surface area (Å²) in [5, 5.41) is 11.3. The predicted molar refractivity (Wildman–Crippen MR) is 69.9 cm³/mol. The van der Waals surface area contributed by atoms with Gasteiger partial charge >= 0.3 is 5.97 Å². The number of rotatable bonds is 4. The Morgan fingerprint density at radius 2 is 2.05 bits per heavy atom. The second kappa shape index (κ2) is 5.35. The first-order chi connectivity index (χ1) is 9.47. The van der Waals surface area contributed by atoms with E-state index in [4.69, 9.17) is 5.11 Å². The summed E-state index contributed by atoms with van der Waals surface area (Å²) in [4.78, 5) is 40.1. The maximum Gasteiger partial charge on any atom is 0.354 e. The molecular formula is C13H11N3O4. The lowest BCUT2D eigenvalue weighted by Crippen LogP contribution is -2.13. The molecule has 7 heteroatoms. The number of pyridine rings is 1. The Hall–Kier alpha value is -2.96. The van der Waals surface area contributed by atoms with Gasteiger partial charge in [0, 0.05) is 23.6 Å². The minimum Gasteiger partial charge on any atom is -0.477 e. The second-order valence-corrected chi connectivity index (χ2v) is 4.05. The van der Waals surface area contributed by atoms with Crippen molar-refractivity contribution in [2.24, 2.45) is 0 Å². The Bertz CT molecular complexity index is 690. The van der Waals surface area contributed by atoms with E-state index in [0.29, 0.717) is 11.3 Å². The molecular weight excluding hydrogens is 262 g/mol. The lowest BCUT2D eigenvalue weighted by molar-refractivity contribution is 0.0690. The summed E-state index contributed by atoms with van der Waals surface area (Å²) in [5.41, 5.74) is 0.750. The Morgan fingerprint density at radius 3 is 2.65 bits per heavy atom. The molecule has 2 aromatic rings. The summed E-state index contributed by atoms with van der Waals surface area (Å²) in [7, 11) is 0. The molecule has 2 rings (SSSR count). The number of amides is 1. The number of aromatic carboxylic acids is 1. The van der Waals surface area contributed by atoms with E-state index < -0.39 is 11.9 Å². The lowest BCUT2D eigenvalue weighted by atomic mass is 10.2. The number of Topliss-reactive ketones (excluding diaryl/α,β-unsaturated/α-hetero) is 1. The minimum atomic E-state index is -1.18. The highest BCUT2D eigenvalue weighted by Crippen LogP contribution is 2.11. The number of aromatic amines is 1. The van der Waals surface area contributed by atoms with Crippen LogP contribution in [0.4, 0.5) is 5.69 Å². The monoisotopic (exact) mass is 273 g/mol. The zero-order valence-corrected chi connectivity index (χ0v) is 10.5. The van der Waals surface area contributed by atoms with Gasteiger partial charge in [-0.2, -0.15) is 0 Å². The summed E-state index contributed by atoms with van der Waals surface area (Å²) in [6, 6.07) is 4.14. The molecule has 2 aromatic heterocycles. The topological polar surface area (TPSA) is 112 Å². The fourth-order valence-electron chi connectivity index (χ4n) is 1.55. The van der Waals surface area contributed by atoms with Gasteiger partial charge < -0.3 is 15.4 Å². The molecule has 1 amide bonds. The average molecular weight is 273 g/mol. The van der Waals surface area contributed by atoms with E-state index in [1.807, 2.05) is 0 Å². The predicted octanol–water partition coefficient (Wildman–Crippen LogP) is 1.56. The largest absolute Gasteiger partial charge is 0.477 e. The summed E-state index contributed by atoms with van der Waals surface area (Å²) < 4.78 is 0. The normalized spacial score (nSPS) is 10.1. The Labute approximate surface area is 113 Å². The number of anilines is 1. The SMILES string of the molecule is CC(=O)c1c[nH]c(C(=O)Nc2ccnc(C(=O)O)c2)c1. The number of hydrogen-bond donors (Lipinski definition) is 3. The number of carbonyl (C=O) groups excluding carboxylic acids is 2. The highest BCUT2D eigenvalue weighted by molar-refractivity contribution is 6.05. The van der Waals surface area contributed by atoms with Crippen LogP contribution in [0.25, 0.3) is 0 Å². The van der Waals surface area contributed by atoms with Crippen molar-refractivity contribution in [2.75, 3.05) is 5.32 Å². The van der Waals surface area contributed by atoms with E-state index >= 15 is 0 Å². The van der Waals surface area contributed by atoms with Crippen molar-refractivity contribution >= 4 is 23.3 Å². The molecule has 0 bridgehead atoms. The van der Waals surface area contributed by atoms with Gasteiger partial charge in [0.2, 0.25) is 0 Å². The zero-order valence-electron chi connectivity index (χ0n) is 10.5. The molecule has 20 heavy (non-hydrogen) atoms. The van der Waals surface area contributed by atoms with Gasteiger partial charge in [0.05, 0.1) is 0 Å². The summed E-state index contributed by atoms with van der Waals surface area (Å²) in [6.45, 7) is 1.40. The summed E-state index contributed by atoms with van der Waals surface area (Å²) in [6.07, 6.45) is 2.72. The third kappa shape index (κ3) is 2.89. The number of H-pyrrole nitrogens is 1. The van der Waals surface area contributed by atoms with Crippen molar-refractivity contribution in [3.63, 3.8) is 0 Å². The van der Waals surface area contributed by atoms with Crippen LogP contribution < -0.4 is 5.32 Å². The van der Waals surface area contributed by atoms with Crippen LogP contribution in [0.15, 0.2) is 30.6 Å². The molecule has 0 unspecified atom stereocenters. The van der Waals surface area contributed by atoms with Crippen molar-refractivity contribution < 1.29 is 19.5 Å². The van der Waals surface area contributed by atoms with E-state index in [9.17, 15) is 14.4 Å². The first kappa shape index (κ1) is 13.5. The number of hydrogen-bond acceptors (Lipinski definition) is 4. The quantitative estimate of drug-likeness (QED) is 0.732. The number of aromatic nitrogens is 2. The molecule has 0 fully saturated rings. The standard InChI is InChI=1S/C13H11N3O4/c1-7(17)8-4-10(15-6-8)12(18)16-9-2-3-14-11(5-9)13(19)20/h2-6,15H,1H3,(H,19,20)(H,14,16,18). The van der Waals surface area contributed by atoms with Crippen LogP contribution in [0.1, 0.15) is 38.3 Å². The molecule has 0 spiro atoms. The van der Waals surface area contributed by atoms with E-state index in [-0.39, 0.29) is 17.2 Å². The molecule has 7 nitrogen and oxygen atoms in total. The van der Waals surface area contributed by atoms with Gasteiger partial charge in [-0.1, -0.05) is 0 Å². The zero-order chi connectivity index (χ0) is 14.7. The van der Waals surface area contributed by atoms with E-state index in [1.54, 1.807) is 0 Å². The van der Waals surface area contributed by atoms with Crippen LogP contribution in [-0.2, 0) is 0 Å². The fourth-order valence-corrected chi connectivity index (χ4v) is 1.55. The molecule has 102 valence electrons. The molecule has 2 heterocycles. The van der Waals surface area contributed by atoms with Crippen LogP contribution >= 0.6 is 0 Å². The van der Waals surface area contributed by atoms with Gasteiger partial charge in [-0.3, -0.25) is 9.59 Å². The Balaban J connectivity index is 2.16. The van der Waals surface area contributed by atoms with Crippen molar-refractivity contribution in [3.05, 3.63) is 47.5 Å². The number of carbonyl (C=O) groups is 3. The molecule has 0 saturated heterocycles. The molecule has 0 saturated carbocycles. The van der Waals surface area contributed by atoms with Gasteiger partial charge in [0.25, 0.3) is 5.91 Å². The first-order valence-corrected chi connectivity index (χ1v) is 5.67. The van der Waals surface area contributed by atoms with E-state index in [1.165, 1.54) is 37.5 Å². The van der Waals surface area contributed by atoms with Crippen molar-refractivity contribution in [1.82, 2.24) is 9.97 Å². The van der Waals surface area contributed by atoms with Gasteiger partial charge in [-0.15, -0.1) is 0 Å². The van der Waals surface area contributed by atoms with Gasteiger partial charge in [0.15, 0.2) is 5.78 Å². The number of nitrogens with zero attached hydrogens (tertiary/aromatic N) is 1. The van der Waals surface area contributed by atoms with Gasteiger partial charge in [0.1, 0.15) is 11.4 Å².